The van der Waals surface area contributed by atoms with E-state index >= 15 is 0 Å². The molecule has 1 atom stereocenters. The highest BCUT2D eigenvalue weighted by Gasteiger charge is 2.09. The van der Waals surface area contributed by atoms with Crippen LogP contribution in [0.2, 0.25) is 0 Å². The highest BCUT2D eigenvalue weighted by atomic mass is 79.9. The van der Waals surface area contributed by atoms with Crippen molar-refractivity contribution < 1.29 is 15.0 Å². The van der Waals surface area contributed by atoms with Crippen LogP contribution in [0.4, 0.5) is 0 Å². The summed E-state index contributed by atoms with van der Waals surface area (Å²) in [5.74, 6) is -0.158. The van der Waals surface area contributed by atoms with Crippen molar-refractivity contribution >= 4 is 21.8 Å². The number of amides is 1. The average Bonchev–Trinajstić information content (AvgIpc) is 2.25. The van der Waals surface area contributed by atoms with Gasteiger partial charge in [0.15, 0.2) is 0 Å². The zero-order chi connectivity index (χ0) is 12.8. The zero-order valence-corrected chi connectivity index (χ0v) is 11.2. The number of phenolic OH excluding ortho intramolecular Hbond substituents is 2. The molecule has 4 nitrogen and oxygen atoms in total. The summed E-state index contributed by atoms with van der Waals surface area (Å²) < 4.78 is 0. The van der Waals surface area contributed by atoms with Gasteiger partial charge in [-0.3, -0.25) is 4.79 Å². The lowest BCUT2D eigenvalue weighted by Gasteiger charge is -2.11. The zero-order valence-electron chi connectivity index (χ0n) is 9.61. The van der Waals surface area contributed by atoms with Crippen LogP contribution in [0.5, 0.6) is 11.5 Å². The lowest BCUT2D eigenvalue weighted by Crippen LogP contribution is -2.28. The second-order valence-electron chi connectivity index (χ2n) is 4.03. The largest absolute Gasteiger partial charge is 0.508 e. The van der Waals surface area contributed by atoms with Gasteiger partial charge in [-0.25, -0.2) is 0 Å². The topological polar surface area (TPSA) is 69.6 Å². The second kappa shape index (κ2) is 6.49. The molecular formula is C12H16BrNO3. The number of carbonyl (C=O) groups excluding carboxylic acids is 1. The number of halogens is 1. The molecule has 0 heterocycles. The Hall–Kier alpha value is -1.23. The molecule has 0 aliphatic carbocycles. The molecule has 1 aromatic carbocycles. The van der Waals surface area contributed by atoms with Crippen molar-refractivity contribution in [1.29, 1.82) is 0 Å². The van der Waals surface area contributed by atoms with Gasteiger partial charge in [-0.15, -0.1) is 0 Å². The van der Waals surface area contributed by atoms with Crippen molar-refractivity contribution in [2.24, 2.45) is 5.92 Å². The SMILES string of the molecule is CC(CCBr)CNC(=O)c1cc(O)cc(O)c1. The summed E-state index contributed by atoms with van der Waals surface area (Å²) in [7, 11) is 0. The lowest BCUT2D eigenvalue weighted by molar-refractivity contribution is 0.0947. The van der Waals surface area contributed by atoms with Crippen LogP contribution in [0, 0.1) is 5.92 Å². The Morgan fingerprint density at radius 1 is 1.35 bits per heavy atom. The van der Waals surface area contributed by atoms with Gasteiger partial charge >= 0.3 is 0 Å². The maximum Gasteiger partial charge on any atom is 0.251 e. The first kappa shape index (κ1) is 13.8. The van der Waals surface area contributed by atoms with Gasteiger partial charge in [-0.1, -0.05) is 22.9 Å². The maximum atomic E-state index is 11.7. The number of nitrogens with one attached hydrogen (secondary N) is 1. The number of hydrogen-bond acceptors (Lipinski definition) is 3. The predicted octanol–water partition coefficient (Wildman–Crippen LogP) is 2.25. The molecule has 94 valence electrons. The summed E-state index contributed by atoms with van der Waals surface area (Å²) in [6.45, 7) is 2.61. The monoisotopic (exact) mass is 301 g/mol. The summed E-state index contributed by atoms with van der Waals surface area (Å²) >= 11 is 3.34. The molecule has 1 rings (SSSR count). The van der Waals surface area contributed by atoms with Crippen LogP contribution >= 0.6 is 15.9 Å². The summed E-state index contributed by atoms with van der Waals surface area (Å²) in [6, 6.07) is 3.83. The van der Waals surface area contributed by atoms with Crippen LogP contribution in [0.1, 0.15) is 23.7 Å². The third kappa shape index (κ3) is 4.65. The molecule has 0 fully saturated rings. The predicted molar refractivity (Wildman–Crippen MR) is 69.7 cm³/mol. The molecule has 0 aliphatic heterocycles. The van der Waals surface area contributed by atoms with E-state index in [2.05, 4.69) is 21.2 Å². The lowest BCUT2D eigenvalue weighted by atomic mass is 10.1. The third-order valence-corrected chi connectivity index (χ3v) is 2.84. The van der Waals surface area contributed by atoms with Gasteiger partial charge in [0.05, 0.1) is 0 Å². The molecule has 3 N–H and O–H groups in total. The summed E-state index contributed by atoms with van der Waals surface area (Å²) in [5, 5.41) is 22.2. The summed E-state index contributed by atoms with van der Waals surface area (Å²) in [5.41, 5.74) is 0.258. The number of hydrogen-bond donors (Lipinski definition) is 3. The van der Waals surface area contributed by atoms with E-state index in [1.54, 1.807) is 0 Å². The fourth-order valence-electron chi connectivity index (χ4n) is 1.38. The quantitative estimate of drug-likeness (QED) is 0.731. The van der Waals surface area contributed by atoms with Crippen molar-refractivity contribution in [3.8, 4) is 11.5 Å². The van der Waals surface area contributed by atoms with Crippen LogP contribution < -0.4 is 5.32 Å². The van der Waals surface area contributed by atoms with Crippen molar-refractivity contribution in [2.75, 3.05) is 11.9 Å². The van der Waals surface area contributed by atoms with Gasteiger partial charge in [-0.2, -0.15) is 0 Å². The van der Waals surface area contributed by atoms with Crippen molar-refractivity contribution in [1.82, 2.24) is 5.32 Å². The molecule has 0 radical (unpaired) electrons. The van der Waals surface area contributed by atoms with Gasteiger partial charge < -0.3 is 15.5 Å². The van der Waals surface area contributed by atoms with Crippen molar-refractivity contribution in [3.63, 3.8) is 0 Å². The van der Waals surface area contributed by atoms with Crippen LogP contribution in [-0.4, -0.2) is 28.0 Å². The molecule has 0 saturated carbocycles. The molecule has 17 heavy (non-hydrogen) atoms. The highest BCUT2D eigenvalue weighted by Crippen LogP contribution is 2.20. The van der Waals surface area contributed by atoms with Gasteiger partial charge in [0.25, 0.3) is 5.91 Å². The minimum absolute atomic E-state index is 0.122. The van der Waals surface area contributed by atoms with E-state index in [9.17, 15) is 15.0 Å². The molecule has 1 unspecified atom stereocenters. The smallest absolute Gasteiger partial charge is 0.251 e. The number of phenols is 2. The first-order chi connectivity index (χ1) is 8.02. The maximum absolute atomic E-state index is 11.7. The fourth-order valence-corrected chi connectivity index (χ4v) is 2.17. The number of alkyl halides is 1. The van der Waals surface area contributed by atoms with E-state index in [4.69, 9.17) is 0 Å². The highest BCUT2D eigenvalue weighted by molar-refractivity contribution is 9.09. The van der Waals surface area contributed by atoms with E-state index in [1.165, 1.54) is 18.2 Å². The normalized spacial score (nSPS) is 12.1. The Labute approximate surface area is 109 Å². The Bertz CT molecular complexity index is 375. The molecule has 0 aromatic heterocycles. The van der Waals surface area contributed by atoms with Crippen molar-refractivity contribution in [3.05, 3.63) is 23.8 Å². The van der Waals surface area contributed by atoms with Crippen LogP contribution in [0.15, 0.2) is 18.2 Å². The molecular weight excluding hydrogens is 286 g/mol. The summed E-state index contributed by atoms with van der Waals surface area (Å²) in [4.78, 5) is 11.7. The summed E-state index contributed by atoms with van der Waals surface area (Å²) in [6.07, 6.45) is 0.978. The fraction of sp³-hybridized carbons (Fsp3) is 0.417. The molecule has 0 spiro atoms. The van der Waals surface area contributed by atoms with E-state index in [-0.39, 0.29) is 23.0 Å². The van der Waals surface area contributed by atoms with E-state index < -0.39 is 0 Å². The van der Waals surface area contributed by atoms with Gasteiger partial charge in [0, 0.05) is 23.5 Å². The molecule has 0 saturated heterocycles. The number of carbonyl (C=O) groups is 1. The number of benzene rings is 1. The number of aromatic hydroxyl groups is 2. The minimum Gasteiger partial charge on any atom is -0.508 e. The van der Waals surface area contributed by atoms with E-state index in [0.29, 0.717) is 12.5 Å². The molecule has 5 heteroatoms. The Morgan fingerprint density at radius 2 is 1.94 bits per heavy atom. The molecule has 1 amide bonds. The first-order valence-corrected chi connectivity index (χ1v) is 6.52. The number of rotatable bonds is 5. The van der Waals surface area contributed by atoms with Gasteiger partial charge in [0.1, 0.15) is 11.5 Å². The minimum atomic E-state index is -0.294. The Kier molecular flexibility index (Phi) is 5.28. The molecule has 0 aliphatic rings. The van der Waals surface area contributed by atoms with Gasteiger partial charge in [0.2, 0.25) is 0 Å². The molecule has 1 aromatic rings. The van der Waals surface area contributed by atoms with E-state index in [1.807, 2.05) is 6.92 Å². The van der Waals surface area contributed by atoms with Crippen LogP contribution in [-0.2, 0) is 0 Å². The van der Waals surface area contributed by atoms with Crippen molar-refractivity contribution in [2.45, 2.75) is 13.3 Å². The van der Waals surface area contributed by atoms with E-state index in [0.717, 1.165) is 11.8 Å². The third-order valence-electron chi connectivity index (χ3n) is 2.38. The first-order valence-electron chi connectivity index (χ1n) is 5.40. The van der Waals surface area contributed by atoms with Gasteiger partial charge in [-0.05, 0) is 24.5 Å². The molecule has 0 bridgehead atoms. The standard InChI is InChI=1S/C12H16BrNO3/c1-8(2-3-13)7-14-12(17)9-4-10(15)6-11(16)5-9/h4-6,8,15-16H,2-3,7H2,1H3,(H,14,17). The Morgan fingerprint density at radius 3 is 2.47 bits per heavy atom. The second-order valence-corrected chi connectivity index (χ2v) is 4.82. The van der Waals surface area contributed by atoms with Crippen LogP contribution in [0.25, 0.3) is 0 Å². The van der Waals surface area contributed by atoms with Crippen LogP contribution in [0.3, 0.4) is 0 Å². The Balaban J connectivity index is 2.58. The average molecular weight is 302 g/mol.